The van der Waals surface area contributed by atoms with E-state index >= 15 is 0 Å². The van der Waals surface area contributed by atoms with E-state index in [1.807, 2.05) is 30.3 Å². The van der Waals surface area contributed by atoms with Crippen molar-refractivity contribution in [3.8, 4) is 0 Å². The standard InChI is InChI=1S/C16H18N4O4S/c1-19-13-12(14(23)18-15(19)24)20(7-10-5-3-2-4-6-10)16(17-13)25-9-11(22)8-21/h2-6,11,21-22H,7-9H2,1H3,(H,18,23,24)/t11-/m0/s1. The van der Waals surface area contributed by atoms with Crippen LogP contribution in [0.5, 0.6) is 0 Å². The number of H-pyrrole nitrogens is 1. The molecule has 2 aromatic heterocycles. The zero-order valence-corrected chi connectivity index (χ0v) is 14.4. The zero-order valence-electron chi connectivity index (χ0n) is 13.5. The number of hydrogen-bond donors (Lipinski definition) is 3. The number of fused-ring (bicyclic) bond motifs is 1. The van der Waals surface area contributed by atoms with E-state index in [4.69, 9.17) is 5.11 Å². The second kappa shape index (κ2) is 7.26. The number of aryl methyl sites for hydroxylation is 1. The number of rotatable bonds is 6. The van der Waals surface area contributed by atoms with Gasteiger partial charge in [-0.15, -0.1) is 0 Å². The number of nitrogens with zero attached hydrogens (tertiary/aromatic N) is 3. The average molecular weight is 362 g/mol. The van der Waals surface area contributed by atoms with Crippen LogP contribution in [0, 0.1) is 0 Å². The maximum Gasteiger partial charge on any atom is 0.329 e. The molecule has 0 amide bonds. The summed E-state index contributed by atoms with van der Waals surface area (Å²) in [6.07, 6.45) is -0.892. The zero-order chi connectivity index (χ0) is 18.0. The molecule has 8 nitrogen and oxygen atoms in total. The monoisotopic (exact) mass is 362 g/mol. The molecular formula is C16H18N4O4S. The van der Waals surface area contributed by atoms with Crippen LogP contribution in [0.25, 0.3) is 11.2 Å². The Morgan fingerprint density at radius 3 is 2.68 bits per heavy atom. The summed E-state index contributed by atoms with van der Waals surface area (Å²) in [6.45, 7) is 0.0428. The van der Waals surface area contributed by atoms with E-state index in [-0.39, 0.29) is 18.0 Å². The van der Waals surface area contributed by atoms with Gasteiger partial charge in [-0.1, -0.05) is 42.1 Å². The van der Waals surface area contributed by atoms with Crippen LogP contribution in [0.2, 0.25) is 0 Å². The van der Waals surface area contributed by atoms with E-state index in [1.54, 1.807) is 4.57 Å². The molecule has 0 fully saturated rings. The molecule has 0 aliphatic rings. The third-order valence-corrected chi connectivity index (χ3v) is 4.89. The van der Waals surface area contributed by atoms with Crippen LogP contribution in [-0.2, 0) is 13.6 Å². The molecule has 9 heteroatoms. The summed E-state index contributed by atoms with van der Waals surface area (Å²) in [5, 5.41) is 19.1. The van der Waals surface area contributed by atoms with Gasteiger partial charge in [-0.05, 0) is 5.56 Å². The third kappa shape index (κ3) is 3.53. The Labute approximate surface area is 146 Å². The molecule has 2 heterocycles. The Kier molecular flexibility index (Phi) is 5.07. The molecule has 3 aromatic rings. The Morgan fingerprint density at radius 2 is 2.00 bits per heavy atom. The van der Waals surface area contributed by atoms with Crippen LogP contribution in [0.3, 0.4) is 0 Å². The minimum atomic E-state index is -0.892. The smallest absolute Gasteiger partial charge is 0.329 e. The fourth-order valence-electron chi connectivity index (χ4n) is 2.46. The molecule has 25 heavy (non-hydrogen) atoms. The lowest BCUT2D eigenvalue weighted by atomic mass is 10.2. The van der Waals surface area contributed by atoms with Crippen molar-refractivity contribution >= 4 is 22.9 Å². The minimum Gasteiger partial charge on any atom is -0.394 e. The number of thioether (sulfide) groups is 1. The molecule has 1 aromatic carbocycles. The maximum atomic E-state index is 12.3. The molecule has 0 aliphatic carbocycles. The van der Waals surface area contributed by atoms with Gasteiger partial charge in [-0.25, -0.2) is 9.78 Å². The fourth-order valence-corrected chi connectivity index (χ4v) is 3.37. The van der Waals surface area contributed by atoms with Gasteiger partial charge in [0.25, 0.3) is 5.56 Å². The first-order valence-corrected chi connectivity index (χ1v) is 8.65. The average Bonchev–Trinajstić information content (AvgIpc) is 2.97. The fraction of sp³-hybridized carbons (Fsp3) is 0.312. The first-order valence-electron chi connectivity index (χ1n) is 7.66. The van der Waals surface area contributed by atoms with Crippen molar-refractivity contribution < 1.29 is 10.2 Å². The maximum absolute atomic E-state index is 12.3. The lowest BCUT2D eigenvalue weighted by Gasteiger charge is -2.10. The number of hydrogen-bond acceptors (Lipinski definition) is 6. The van der Waals surface area contributed by atoms with Gasteiger partial charge in [0.1, 0.15) is 0 Å². The van der Waals surface area contributed by atoms with Crippen LogP contribution < -0.4 is 11.2 Å². The van der Waals surface area contributed by atoms with Crippen LogP contribution in [0.4, 0.5) is 0 Å². The lowest BCUT2D eigenvalue weighted by Crippen LogP contribution is -2.29. The molecule has 1 atom stereocenters. The van der Waals surface area contributed by atoms with Crippen molar-refractivity contribution in [1.82, 2.24) is 19.1 Å². The van der Waals surface area contributed by atoms with Crippen molar-refractivity contribution in [2.45, 2.75) is 17.8 Å². The van der Waals surface area contributed by atoms with Crippen molar-refractivity contribution in [1.29, 1.82) is 0 Å². The minimum absolute atomic E-state index is 0.223. The summed E-state index contributed by atoms with van der Waals surface area (Å²) in [6, 6.07) is 9.56. The van der Waals surface area contributed by atoms with Crippen LogP contribution in [-0.4, -0.2) is 47.8 Å². The Morgan fingerprint density at radius 1 is 1.28 bits per heavy atom. The summed E-state index contributed by atoms with van der Waals surface area (Å²) in [5.41, 5.74) is 0.516. The number of aliphatic hydroxyl groups excluding tert-OH is 2. The van der Waals surface area contributed by atoms with Crippen LogP contribution in [0.15, 0.2) is 45.1 Å². The van der Waals surface area contributed by atoms with Crippen molar-refractivity contribution in [2.24, 2.45) is 7.05 Å². The number of imidazole rings is 1. The van der Waals surface area contributed by atoms with E-state index in [9.17, 15) is 14.7 Å². The first-order chi connectivity index (χ1) is 12.0. The van der Waals surface area contributed by atoms with E-state index in [2.05, 4.69) is 9.97 Å². The summed E-state index contributed by atoms with van der Waals surface area (Å²) >= 11 is 1.22. The van der Waals surface area contributed by atoms with Crippen LogP contribution in [0.1, 0.15) is 5.56 Å². The third-order valence-electron chi connectivity index (χ3n) is 3.77. The quantitative estimate of drug-likeness (QED) is 0.529. The van der Waals surface area contributed by atoms with Gasteiger partial charge in [0, 0.05) is 12.8 Å². The van der Waals surface area contributed by atoms with Gasteiger partial charge in [0.05, 0.1) is 19.3 Å². The first kappa shape index (κ1) is 17.5. The molecule has 0 radical (unpaired) electrons. The van der Waals surface area contributed by atoms with Gasteiger partial charge in [-0.2, -0.15) is 0 Å². The molecule has 0 aliphatic heterocycles. The van der Waals surface area contributed by atoms with E-state index in [0.29, 0.717) is 17.2 Å². The predicted octanol–water partition coefficient (Wildman–Crippen LogP) is -0.0831. The molecule has 0 spiro atoms. The highest BCUT2D eigenvalue weighted by Gasteiger charge is 2.18. The van der Waals surface area contributed by atoms with Gasteiger partial charge in [-0.3, -0.25) is 14.3 Å². The summed E-state index contributed by atoms with van der Waals surface area (Å²) in [5.74, 6) is 0.223. The molecular weight excluding hydrogens is 344 g/mol. The molecule has 0 saturated carbocycles. The Hall–Kier alpha value is -2.36. The topological polar surface area (TPSA) is 113 Å². The summed E-state index contributed by atoms with van der Waals surface area (Å²) in [4.78, 5) is 30.9. The highest BCUT2D eigenvalue weighted by atomic mass is 32.2. The Balaban J connectivity index is 2.14. The molecule has 3 rings (SSSR count). The SMILES string of the molecule is Cn1c(=O)[nH]c(=O)c2c1nc(SC[C@@H](O)CO)n2Cc1ccccc1. The normalized spacial score (nSPS) is 12.6. The number of benzene rings is 1. The van der Waals surface area contributed by atoms with Gasteiger partial charge >= 0.3 is 5.69 Å². The number of nitrogens with one attached hydrogen (secondary N) is 1. The van der Waals surface area contributed by atoms with Crippen molar-refractivity contribution in [3.05, 3.63) is 56.7 Å². The number of aliphatic hydroxyl groups is 2. The second-order valence-electron chi connectivity index (χ2n) is 5.60. The summed E-state index contributed by atoms with van der Waals surface area (Å²) in [7, 11) is 1.54. The highest BCUT2D eigenvalue weighted by Crippen LogP contribution is 2.23. The molecule has 0 saturated heterocycles. The van der Waals surface area contributed by atoms with Gasteiger partial charge in [0.2, 0.25) is 0 Å². The molecule has 0 unspecified atom stereocenters. The Bertz CT molecular complexity index is 993. The van der Waals surface area contributed by atoms with Crippen molar-refractivity contribution in [2.75, 3.05) is 12.4 Å². The number of aromatic nitrogens is 4. The van der Waals surface area contributed by atoms with Crippen LogP contribution >= 0.6 is 11.8 Å². The highest BCUT2D eigenvalue weighted by molar-refractivity contribution is 7.99. The van der Waals surface area contributed by atoms with E-state index in [1.165, 1.54) is 23.4 Å². The molecule has 3 N–H and O–H groups in total. The summed E-state index contributed by atoms with van der Waals surface area (Å²) < 4.78 is 3.00. The predicted molar refractivity (Wildman–Crippen MR) is 95.0 cm³/mol. The number of aromatic amines is 1. The van der Waals surface area contributed by atoms with Gasteiger partial charge in [0.15, 0.2) is 16.3 Å². The lowest BCUT2D eigenvalue weighted by molar-refractivity contribution is 0.113. The van der Waals surface area contributed by atoms with E-state index in [0.717, 1.165) is 5.56 Å². The second-order valence-corrected chi connectivity index (χ2v) is 6.59. The largest absolute Gasteiger partial charge is 0.394 e. The molecule has 132 valence electrons. The van der Waals surface area contributed by atoms with Crippen molar-refractivity contribution in [3.63, 3.8) is 0 Å². The van der Waals surface area contributed by atoms with Gasteiger partial charge < -0.3 is 14.8 Å². The van der Waals surface area contributed by atoms with E-state index < -0.39 is 17.4 Å². The molecule has 0 bridgehead atoms.